The molecule has 0 amide bonds. The molecule has 0 spiro atoms. The van der Waals surface area contributed by atoms with Gasteiger partial charge in [-0.15, -0.1) is 0 Å². The second-order valence-electron chi connectivity index (χ2n) is 4.97. The first-order valence-electron chi connectivity index (χ1n) is 6.66. The van der Waals surface area contributed by atoms with Gasteiger partial charge in [-0.05, 0) is 48.7 Å². The Hall–Kier alpha value is -1.03. The molecule has 0 atom stereocenters. The highest BCUT2D eigenvalue weighted by atomic mass is 79.9. The minimum Gasteiger partial charge on any atom is -0.457 e. The van der Waals surface area contributed by atoms with E-state index in [1.54, 1.807) is 0 Å². The van der Waals surface area contributed by atoms with Crippen molar-refractivity contribution in [3.05, 3.63) is 57.5 Å². The summed E-state index contributed by atoms with van der Waals surface area (Å²) in [6.45, 7) is 0.820. The summed E-state index contributed by atoms with van der Waals surface area (Å²) in [6, 6.07) is 14.3. The summed E-state index contributed by atoms with van der Waals surface area (Å²) in [6.07, 6.45) is 2.56. The molecule has 1 N–H and O–H groups in total. The number of rotatable bonds is 5. The van der Waals surface area contributed by atoms with Crippen LogP contribution in [0.5, 0.6) is 11.5 Å². The lowest BCUT2D eigenvalue weighted by atomic mass is 10.2. The molecule has 1 aliphatic rings. The maximum atomic E-state index is 6.30. The predicted molar refractivity (Wildman–Crippen MR) is 85.5 cm³/mol. The van der Waals surface area contributed by atoms with Gasteiger partial charge >= 0.3 is 0 Å². The molecule has 1 aliphatic carbocycles. The van der Waals surface area contributed by atoms with Gasteiger partial charge in [0.1, 0.15) is 11.5 Å². The van der Waals surface area contributed by atoms with Crippen LogP contribution in [0.25, 0.3) is 0 Å². The fraction of sp³-hybridized carbons (Fsp3) is 0.250. The van der Waals surface area contributed by atoms with E-state index in [0.29, 0.717) is 6.04 Å². The largest absolute Gasteiger partial charge is 0.457 e. The molecular formula is C16H15BrClNO. The molecule has 104 valence electrons. The molecule has 3 rings (SSSR count). The molecule has 0 heterocycles. The van der Waals surface area contributed by atoms with Gasteiger partial charge in [-0.3, -0.25) is 0 Å². The Kier molecular flexibility index (Phi) is 4.29. The molecule has 2 aromatic carbocycles. The van der Waals surface area contributed by atoms with Crippen molar-refractivity contribution in [1.29, 1.82) is 0 Å². The second-order valence-corrected chi connectivity index (χ2v) is 6.29. The van der Waals surface area contributed by atoms with Crippen LogP contribution in [0.1, 0.15) is 18.4 Å². The summed E-state index contributed by atoms with van der Waals surface area (Å²) < 4.78 is 6.79. The van der Waals surface area contributed by atoms with Crippen LogP contribution >= 0.6 is 27.5 Å². The monoisotopic (exact) mass is 351 g/mol. The first-order chi connectivity index (χ1) is 9.70. The van der Waals surface area contributed by atoms with E-state index in [0.717, 1.165) is 33.1 Å². The van der Waals surface area contributed by atoms with Crippen molar-refractivity contribution < 1.29 is 4.74 Å². The minimum absolute atomic E-state index is 0.684. The van der Waals surface area contributed by atoms with Crippen molar-refractivity contribution in [2.75, 3.05) is 0 Å². The van der Waals surface area contributed by atoms with Crippen LogP contribution in [-0.4, -0.2) is 6.04 Å². The maximum Gasteiger partial charge on any atom is 0.128 e. The van der Waals surface area contributed by atoms with E-state index in [1.165, 1.54) is 12.8 Å². The number of nitrogens with one attached hydrogen (secondary N) is 1. The smallest absolute Gasteiger partial charge is 0.128 e. The molecule has 2 aromatic rings. The van der Waals surface area contributed by atoms with Gasteiger partial charge in [0.2, 0.25) is 0 Å². The number of benzene rings is 2. The highest BCUT2D eigenvalue weighted by molar-refractivity contribution is 9.10. The lowest BCUT2D eigenvalue weighted by Crippen LogP contribution is -2.15. The zero-order chi connectivity index (χ0) is 13.9. The molecule has 0 radical (unpaired) electrons. The molecule has 1 saturated carbocycles. The van der Waals surface area contributed by atoms with Gasteiger partial charge in [0, 0.05) is 22.1 Å². The van der Waals surface area contributed by atoms with Crippen molar-refractivity contribution in [1.82, 2.24) is 5.32 Å². The molecular weight excluding hydrogens is 338 g/mol. The molecule has 2 nitrogen and oxygen atoms in total. The maximum absolute atomic E-state index is 6.30. The van der Waals surface area contributed by atoms with Gasteiger partial charge in [0.05, 0.1) is 0 Å². The van der Waals surface area contributed by atoms with Gasteiger partial charge in [-0.1, -0.05) is 39.7 Å². The average Bonchev–Trinajstić information content (AvgIpc) is 3.22. The normalized spacial score (nSPS) is 14.3. The minimum atomic E-state index is 0.684. The Morgan fingerprint density at radius 1 is 1.15 bits per heavy atom. The van der Waals surface area contributed by atoms with Crippen LogP contribution in [0.3, 0.4) is 0 Å². The van der Waals surface area contributed by atoms with Gasteiger partial charge in [0.25, 0.3) is 0 Å². The molecule has 1 fully saturated rings. The van der Waals surface area contributed by atoms with E-state index in [4.69, 9.17) is 16.3 Å². The topological polar surface area (TPSA) is 21.3 Å². The first kappa shape index (κ1) is 13.9. The summed E-state index contributed by atoms with van der Waals surface area (Å²) in [5.74, 6) is 1.54. The quantitative estimate of drug-likeness (QED) is 0.804. The van der Waals surface area contributed by atoms with Gasteiger partial charge < -0.3 is 10.1 Å². The third kappa shape index (κ3) is 3.75. The van der Waals surface area contributed by atoms with E-state index in [1.807, 2.05) is 42.5 Å². The van der Waals surface area contributed by atoms with Gasteiger partial charge in [0.15, 0.2) is 0 Å². The van der Waals surface area contributed by atoms with Crippen molar-refractivity contribution in [2.45, 2.75) is 25.4 Å². The number of hydrogen-bond acceptors (Lipinski definition) is 2. The standard InChI is InChI=1S/C16H15BrClNO/c17-12-2-1-3-14(8-12)20-15-7-4-11(16(18)9-15)10-19-13-5-6-13/h1-4,7-9,13,19H,5-6,10H2. The zero-order valence-corrected chi connectivity index (χ0v) is 13.2. The Morgan fingerprint density at radius 3 is 2.65 bits per heavy atom. The van der Waals surface area contributed by atoms with Gasteiger partial charge in [-0.2, -0.15) is 0 Å². The SMILES string of the molecule is Clc1cc(Oc2cccc(Br)c2)ccc1CNC1CC1. The zero-order valence-electron chi connectivity index (χ0n) is 10.9. The summed E-state index contributed by atoms with van der Waals surface area (Å²) in [7, 11) is 0. The molecule has 4 heteroatoms. The Labute approximate surface area is 132 Å². The van der Waals surface area contributed by atoms with Crippen LogP contribution in [0.15, 0.2) is 46.9 Å². The molecule has 0 aliphatic heterocycles. The summed E-state index contributed by atoms with van der Waals surface area (Å²) in [5, 5.41) is 4.20. The van der Waals surface area contributed by atoms with Crippen molar-refractivity contribution >= 4 is 27.5 Å². The highest BCUT2D eigenvalue weighted by Crippen LogP contribution is 2.29. The Morgan fingerprint density at radius 2 is 1.95 bits per heavy atom. The fourth-order valence-electron chi connectivity index (χ4n) is 1.94. The lowest BCUT2D eigenvalue weighted by molar-refractivity contribution is 0.482. The van der Waals surface area contributed by atoms with Crippen molar-refractivity contribution in [2.24, 2.45) is 0 Å². The van der Waals surface area contributed by atoms with E-state index in [2.05, 4.69) is 21.2 Å². The van der Waals surface area contributed by atoms with Crippen molar-refractivity contribution in [3.8, 4) is 11.5 Å². The van der Waals surface area contributed by atoms with Crippen LogP contribution in [0.4, 0.5) is 0 Å². The van der Waals surface area contributed by atoms with Crippen LogP contribution in [0, 0.1) is 0 Å². The number of ether oxygens (including phenoxy) is 1. The first-order valence-corrected chi connectivity index (χ1v) is 7.83. The number of halogens is 2. The number of hydrogen-bond donors (Lipinski definition) is 1. The Balaban J connectivity index is 1.69. The molecule has 20 heavy (non-hydrogen) atoms. The van der Waals surface area contributed by atoms with E-state index in [9.17, 15) is 0 Å². The summed E-state index contributed by atoms with van der Waals surface area (Å²) in [4.78, 5) is 0. The molecule has 0 aromatic heterocycles. The third-order valence-corrected chi connectivity index (χ3v) is 4.06. The molecule has 0 saturated heterocycles. The van der Waals surface area contributed by atoms with Crippen LogP contribution in [0.2, 0.25) is 5.02 Å². The fourth-order valence-corrected chi connectivity index (χ4v) is 2.56. The molecule has 0 bridgehead atoms. The van der Waals surface area contributed by atoms with Crippen LogP contribution in [-0.2, 0) is 6.54 Å². The summed E-state index contributed by atoms with van der Waals surface area (Å²) in [5.41, 5.74) is 1.11. The second kappa shape index (κ2) is 6.17. The van der Waals surface area contributed by atoms with E-state index < -0.39 is 0 Å². The van der Waals surface area contributed by atoms with E-state index in [-0.39, 0.29) is 0 Å². The Bertz CT molecular complexity index is 613. The van der Waals surface area contributed by atoms with Gasteiger partial charge in [-0.25, -0.2) is 0 Å². The summed E-state index contributed by atoms with van der Waals surface area (Å²) >= 11 is 9.73. The van der Waals surface area contributed by atoms with Crippen molar-refractivity contribution in [3.63, 3.8) is 0 Å². The lowest BCUT2D eigenvalue weighted by Gasteiger charge is -2.10. The van der Waals surface area contributed by atoms with E-state index >= 15 is 0 Å². The third-order valence-electron chi connectivity index (χ3n) is 3.21. The van der Waals surface area contributed by atoms with Crippen LogP contribution < -0.4 is 10.1 Å². The average molecular weight is 353 g/mol. The highest BCUT2D eigenvalue weighted by Gasteiger charge is 2.20. The molecule has 0 unspecified atom stereocenters. The predicted octanol–water partition coefficient (Wildman–Crippen LogP) is 5.15.